The van der Waals surface area contributed by atoms with E-state index >= 15 is 0 Å². The fourth-order valence-corrected chi connectivity index (χ4v) is 5.61. The van der Waals surface area contributed by atoms with Gasteiger partial charge < -0.3 is 33.2 Å². The Morgan fingerprint density at radius 3 is 1.56 bits per heavy atom. The maximum absolute atomic E-state index is 14.1. The van der Waals surface area contributed by atoms with Gasteiger partial charge in [0.05, 0.1) is 28.8 Å². The van der Waals surface area contributed by atoms with Crippen molar-refractivity contribution in [2.75, 3.05) is 19.8 Å². The highest BCUT2D eigenvalue weighted by atomic mass is 32.2. The second-order valence-electron chi connectivity index (χ2n) is 8.91. The van der Waals surface area contributed by atoms with E-state index in [0.717, 1.165) is 27.7 Å². The highest BCUT2D eigenvalue weighted by molar-refractivity contribution is 7.87. The molecule has 0 N–H and O–H groups in total. The highest BCUT2D eigenvalue weighted by Crippen LogP contribution is 2.37. The summed E-state index contributed by atoms with van der Waals surface area (Å²) in [6.07, 6.45) is -6.04. The summed E-state index contributed by atoms with van der Waals surface area (Å²) < 4.78 is 49.3. The summed E-state index contributed by atoms with van der Waals surface area (Å²) in [5.74, 6) is -7.06. The third-order valence-corrected chi connectivity index (χ3v) is 7.49. The monoisotopic (exact) mass is 580 g/mol. The molecule has 0 aromatic rings. The minimum Gasteiger partial charge on any atom is -0.465 e. The van der Waals surface area contributed by atoms with Crippen molar-refractivity contribution < 1.29 is 66.1 Å². The molecule has 0 amide bonds. The molecule has 222 valence electrons. The first kappa shape index (κ1) is 34.0. The fourth-order valence-electron chi connectivity index (χ4n) is 3.89. The molecule has 1 aliphatic rings. The van der Waals surface area contributed by atoms with Gasteiger partial charge in [-0.2, -0.15) is 0 Å². The molecule has 1 rings (SSSR count). The average molecular weight is 581 g/mol. The van der Waals surface area contributed by atoms with Gasteiger partial charge in [0.25, 0.3) is 0 Å². The lowest BCUT2D eigenvalue weighted by molar-refractivity contribution is -0.238. The second-order valence-corrected chi connectivity index (χ2v) is 11.0. The van der Waals surface area contributed by atoms with E-state index < -0.39 is 93.7 Å². The van der Waals surface area contributed by atoms with Crippen molar-refractivity contribution in [1.29, 1.82) is 0 Å². The minimum absolute atomic E-state index is 0.0868. The molecule has 0 spiro atoms. The molecule has 0 unspecified atom stereocenters. The number of carbonyl (C=O) groups excluding carboxylic acids is 6. The zero-order valence-corrected chi connectivity index (χ0v) is 24.0. The topological polar surface area (TPSA) is 184 Å². The van der Waals surface area contributed by atoms with Crippen molar-refractivity contribution in [1.82, 2.24) is 0 Å². The largest absolute Gasteiger partial charge is 0.465 e. The van der Waals surface area contributed by atoms with Gasteiger partial charge in [-0.1, -0.05) is 0 Å². The van der Waals surface area contributed by atoms with Crippen LogP contribution < -0.4 is 0 Å². The van der Waals surface area contributed by atoms with Crippen molar-refractivity contribution in [3.63, 3.8) is 0 Å². The summed E-state index contributed by atoms with van der Waals surface area (Å²) in [5.41, 5.74) is -1.67. The number of hydrogen-bond donors (Lipinski definition) is 0. The molecule has 0 aromatic carbocycles. The van der Waals surface area contributed by atoms with Crippen LogP contribution >= 0.6 is 0 Å². The molecule has 14 nitrogen and oxygen atoms in total. The molecule has 1 fully saturated rings. The molecule has 0 aliphatic carbocycles. The molecule has 39 heavy (non-hydrogen) atoms. The molecular weight excluding hydrogens is 544 g/mol. The number of hydrogen-bond acceptors (Lipinski definition) is 14. The zero-order chi connectivity index (χ0) is 30.1. The minimum atomic E-state index is -2.41. The average Bonchev–Trinajstić information content (AvgIpc) is 2.79. The second kappa shape index (κ2) is 14.9. The standard InChI is InChI=1S/C24H36O14S/c1-9-32-21(29)17(22(30)33-10-2)24(7,8)39(31)23-20(37-15(6)28)19(36-14(5)27)18(35-13(4)26)16(38-23)11-34-12(3)25/h16-20,23H,9-11H2,1-8H3/t16-,18+,19+,20-,23+,39-/m1/s1. The zero-order valence-electron chi connectivity index (χ0n) is 23.2. The lowest BCUT2D eigenvalue weighted by atomic mass is 9.95. The first-order valence-electron chi connectivity index (χ1n) is 12.1. The van der Waals surface area contributed by atoms with Gasteiger partial charge in [-0.15, -0.1) is 0 Å². The molecule has 15 heteroatoms. The Labute approximate surface area is 228 Å². The molecule has 0 saturated carbocycles. The Morgan fingerprint density at radius 1 is 0.718 bits per heavy atom. The molecule has 1 heterocycles. The van der Waals surface area contributed by atoms with Gasteiger partial charge in [-0.05, 0) is 27.7 Å². The molecular formula is C24H36O14S. The maximum atomic E-state index is 14.1. The highest BCUT2D eigenvalue weighted by Gasteiger charge is 2.58. The Kier molecular flexibility index (Phi) is 13.0. The molecule has 1 aliphatic heterocycles. The van der Waals surface area contributed by atoms with E-state index in [1.165, 1.54) is 27.7 Å². The van der Waals surface area contributed by atoms with Gasteiger partial charge in [-0.3, -0.25) is 33.0 Å². The summed E-state index contributed by atoms with van der Waals surface area (Å²) >= 11 is 0. The summed E-state index contributed by atoms with van der Waals surface area (Å²) in [4.78, 5) is 73.1. The van der Waals surface area contributed by atoms with Crippen LogP contribution in [0.3, 0.4) is 0 Å². The molecule has 1 saturated heterocycles. The SMILES string of the molecule is CCOC(=O)C(C(=O)OCC)C(C)(C)[S@](=O)[C@@H]1O[C@H](COC(C)=O)[C@H](OC(C)=O)[C@H](OC(C)=O)[C@H]1OC(C)=O. The van der Waals surface area contributed by atoms with Gasteiger partial charge >= 0.3 is 35.8 Å². The van der Waals surface area contributed by atoms with Crippen LogP contribution in [-0.4, -0.2) is 94.4 Å². The number of ether oxygens (including phenoxy) is 7. The van der Waals surface area contributed by atoms with Crippen molar-refractivity contribution >= 4 is 46.6 Å². The van der Waals surface area contributed by atoms with Gasteiger partial charge in [0.15, 0.2) is 29.7 Å². The number of rotatable bonds is 12. The Morgan fingerprint density at radius 2 is 1.15 bits per heavy atom. The maximum Gasteiger partial charge on any atom is 0.321 e. The van der Waals surface area contributed by atoms with E-state index in [0.29, 0.717) is 0 Å². The van der Waals surface area contributed by atoms with Crippen molar-refractivity contribution in [3.05, 3.63) is 0 Å². The first-order valence-corrected chi connectivity index (χ1v) is 13.3. The van der Waals surface area contributed by atoms with Gasteiger partial charge in [0.2, 0.25) is 0 Å². The van der Waals surface area contributed by atoms with Crippen LogP contribution in [0.25, 0.3) is 0 Å². The van der Waals surface area contributed by atoms with Crippen LogP contribution in [-0.2, 0) is 72.7 Å². The quantitative estimate of drug-likeness (QED) is 0.175. The third kappa shape index (κ3) is 9.27. The van der Waals surface area contributed by atoms with Gasteiger partial charge in [0, 0.05) is 27.7 Å². The third-order valence-electron chi connectivity index (χ3n) is 5.42. The van der Waals surface area contributed by atoms with Gasteiger partial charge in [0.1, 0.15) is 12.7 Å². The van der Waals surface area contributed by atoms with E-state index in [2.05, 4.69) is 0 Å². The molecule has 0 radical (unpaired) electrons. The Balaban J connectivity index is 3.72. The fraction of sp³-hybridized carbons (Fsp3) is 0.750. The number of carbonyl (C=O) groups is 6. The lowest BCUT2D eigenvalue weighted by Crippen LogP contribution is -2.65. The molecule has 6 atom stereocenters. The van der Waals surface area contributed by atoms with Crippen LogP contribution in [0.4, 0.5) is 0 Å². The van der Waals surface area contributed by atoms with Crippen molar-refractivity contribution in [3.8, 4) is 0 Å². The Hall–Kier alpha value is -3.07. The van der Waals surface area contributed by atoms with Crippen LogP contribution in [0.2, 0.25) is 0 Å². The van der Waals surface area contributed by atoms with Crippen molar-refractivity contribution in [2.24, 2.45) is 5.92 Å². The predicted octanol–water partition coefficient (Wildman–Crippen LogP) is 0.339. The van der Waals surface area contributed by atoms with Crippen LogP contribution in [0.15, 0.2) is 0 Å². The van der Waals surface area contributed by atoms with E-state index in [9.17, 15) is 33.0 Å². The van der Waals surface area contributed by atoms with Crippen molar-refractivity contribution in [2.45, 2.75) is 90.0 Å². The van der Waals surface area contributed by atoms with Crippen LogP contribution in [0, 0.1) is 5.92 Å². The summed E-state index contributed by atoms with van der Waals surface area (Å²) in [6, 6.07) is 0. The smallest absolute Gasteiger partial charge is 0.321 e. The van der Waals surface area contributed by atoms with E-state index in [4.69, 9.17) is 33.2 Å². The van der Waals surface area contributed by atoms with Crippen LogP contribution in [0.5, 0.6) is 0 Å². The summed E-state index contributed by atoms with van der Waals surface area (Å²) in [6.45, 7) is 9.19. The van der Waals surface area contributed by atoms with Gasteiger partial charge in [-0.25, -0.2) is 0 Å². The lowest BCUT2D eigenvalue weighted by Gasteiger charge is -2.46. The molecule has 0 aromatic heterocycles. The summed E-state index contributed by atoms with van der Waals surface area (Å²) in [7, 11) is -2.41. The predicted molar refractivity (Wildman–Crippen MR) is 131 cm³/mol. The number of esters is 6. The molecule has 0 bridgehead atoms. The summed E-state index contributed by atoms with van der Waals surface area (Å²) in [5, 5.41) is 0. The van der Waals surface area contributed by atoms with E-state index in [1.807, 2.05) is 0 Å². The van der Waals surface area contributed by atoms with E-state index in [-0.39, 0.29) is 13.2 Å². The normalized spacial score (nSPS) is 23.7. The van der Waals surface area contributed by atoms with E-state index in [1.54, 1.807) is 0 Å². The Bertz CT molecular complexity index is 942. The first-order chi connectivity index (χ1) is 18.1. The van der Waals surface area contributed by atoms with Crippen LogP contribution in [0.1, 0.15) is 55.4 Å².